The molecule has 126 valence electrons. The van der Waals surface area contributed by atoms with Gasteiger partial charge in [-0.25, -0.2) is 0 Å². The third-order valence-electron chi connectivity index (χ3n) is 3.20. The summed E-state index contributed by atoms with van der Waals surface area (Å²) < 4.78 is 5.55. The van der Waals surface area contributed by atoms with Gasteiger partial charge in [-0.2, -0.15) is 0 Å². The van der Waals surface area contributed by atoms with Crippen LogP contribution in [0, 0.1) is 0 Å². The van der Waals surface area contributed by atoms with Gasteiger partial charge in [0.25, 0.3) is 0 Å². The minimum atomic E-state index is -0.773. The Balaban J connectivity index is 1.82. The van der Waals surface area contributed by atoms with E-state index in [1.165, 1.54) is 6.08 Å². The first kappa shape index (κ1) is 17.7. The number of nitrogens with one attached hydrogen (secondary N) is 1. The zero-order valence-corrected chi connectivity index (χ0v) is 13.8. The zero-order valence-electron chi connectivity index (χ0n) is 13.8. The Morgan fingerprint density at radius 2 is 2.00 bits per heavy atom. The average Bonchev–Trinajstić information content (AvgIpc) is 2.59. The number of aliphatic hydroxyl groups is 1. The molecule has 5 heteroatoms. The van der Waals surface area contributed by atoms with Crippen LogP contribution in [-0.4, -0.2) is 28.6 Å². The van der Waals surface area contributed by atoms with Gasteiger partial charge in [0.2, 0.25) is 5.91 Å². The first-order valence-corrected chi connectivity index (χ1v) is 7.86. The van der Waals surface area contributed by atoms with E-state index >= 15 is 0 Å². The van der Waals surface area contributed by atoms with Crippen LogP contribution in [0.15, 0.2) is 54.7 Å². The number of amides is 1. The van der Waals surface area contributed by atoms with Gasteiger partial charge in [-0.3, -0.25) is 9.78 Å². The predicted molar refractivity (Wildman–Crippen MR) is 93.4 cm³/mol. The summed E-state index contributed by atoms with van der Waals surface area (Å²) in [5.41, 5.74) is 1.43. The summed E-state index contributed by atoms with van der Waals surface area (Å²) in [5.74, 6) is 0.475. The SMILES string of the molecule is CC(C)Oc1ccc(C(O)CNC(=O)/C=C/c2ccccn2)cc1. The summed E-state index contributed by atoms with van der Waals surface area (Å²) >= 11 is 0. The standard InChI is InChI=1S/C19H22N2O3/c1-14(2)24-17-9-6-15(7-10-17)18(22)13-21-19(23)11-8-16-5-3-4-12-20-16/h3-12,14,18,22H,13H2,1-2H3,(H,21,23)/b11-8+. The molecule has 0 aliphatic carbocycles. The Hall–Kier alpha value is -2.66. The number of rotatable bonds is 7. The van der Waals surface area contributed by atoms with Crippen molar-refractivity contribution in [1.29, 1.82) is 0 Å². The number of hydrogen-bond donors (Lipinski definition) is 2. The first-order valence-electron chi connectivity index (χ1n) is 7.86. The lowest BCUT2D eigenvalue weighted by Crippen LogP contribution is -2.26. The van der Waals surface area contributed by atoms with Crippen LogP contribution in [0.25, 0.3) is 6.08 Å². The normalized spacial score (nSPS) is 12.3. The molecule has 5 nitrogen and oxygen atoms in total. The average molecular weight is 326 g/mol. The van der Waals surface area contributed by atoms with Crippen LogP contribution in [0.4, 0.5) is 0 Å². The number of benzene rings is 1. The minimum absolute atomic E-state index is 0.103. The molecule has 0 aliphatic rings. The van der Waals surface area contributed by atoms with Crippen LogP contribution in [0.5, 0.6) is 5.75 Å². The van der Waals surface area contributed by atoms with Crippen LogP contribution in [-0.2, 0) is 4.79 Å². The monoisotopic (exact) mass is 326 g/mol. The molecule has 0 spiro atoms. The highest BCUT2D eigenvalue weighted by Gasteiger charge is 2.09. The van der Waals surface area contributed by atoms with E-state index in [2.05, 4.69) is 10.3 Å². The fourth-order valence-corrected chi connectivity index (χ4v) is 2.05. The van der Waals surface area contributed by atoms with Gasteiger partial charge < -0.3 is 15.2 Å². The molecule has 1 unspecified atom stereocenters. The van der Waals surface area contributed by atoms with E-state index < -0.39 is 6.10 Å². The fraction of sp³-hybridized carbons (Fsp3) is 0.263. The summed E-state index contributed by atoms with van der Waals surface area (Å²) in [4.78, 5) is 15.9. The Kier molecular flexibility index (Phi) is 6.51. The quantitative estimate of drug-likeness (QED) is 0.768. The van der Waals surface area contributed by atoms with Gasteiger partial charge >= 0.3 is 0 Å². The predicted octanol–water partition coefficient (Wildman–Crippen LogP) is 2.73. The fourth-order valence-electron chi connectivity index (χ4n) is 2.05. The Labute approximate surface area is 142 Å². The summed E-state index contributed by atoms with van der Waals surface area (Å²) in [7, 11) is 0. The van der Waals surface area contributed by atoms with E-state index in [1.807, 2.05) is 26.0 Å². The molecule has 1 amide bonds. The van der Waals surface area contributed by atoms with Crippen molar-refractivity contribution in [3.05, 3.63) is 66.0 Å². The number of nitrogens with zero attached hydrogens (tertiary/aromatic N) is 1. The number of aromatic nitrogens is 1. The van der Waals surface area contributed by atoms with Crippen molar-refractivity contribution in [2.75, 3.05) is 6.54 Å². The van der Waals surface area contributed by atoms with Crippen LogP contribution in [0.3, 0.4) is 0 Å². The lowest BCUT2D eigenvalue weighted by atomic mass is 10.1. The van der Waals surface area contributed by atoms with Crippen molar-refractivity contribution in [3.63, 3.8) is 0 Å². The van der Waals surface area contributed by atoms with Crippen molar-refractivity contribution < 1.29 is 14.6 Å². The third-order valence-corrected chi connectivity index (χ3v) is 3.20. The summed E-state index contributed by atoms with van der Waals surface area (Å²) in [5, 5.41) is 12.8. The molecule has 0 radical (unpaired) electrons. The van der Waals surface area contributed by atoms with Crippen molar-refractivity contribution in [2.45, 2.75) is 26.1 Å². The molecule has 0 aliphatic heterocycles. The maximum absolute atomic E-state index is 11.8. The number of hydrogen-bond acceptors (Lipinski definition) is 4. The van der Waals surface area contributed by atoms with Gasteiger partial charge in [-0.15, -0.1) is 0 Å². The van der Waals surface area contributed by atoms with E-state index in [0.717, 1.165) is 11.3 Å². The number of carbonyl (C=O) groups excluding carboxylic acids is 1. The molecule has 1 heterocycles. The van der Waals surface area contributed by atoms with Gasteiger partial charge in [-0.05, 0) is 49.8 Å². The first-order chi connectivity index (χ1) is 11.5. The van der Waals surface area contributed by atoms with Gasteiger partial charge in [0.15, 0.2) is 0 Å². The number of carbonyl (C=O) groups is 1. The Bertz CT molecular complexity index is 667. The lowest BCUT2D eigenvalue weighted by Gasteiger charge is -2.13. The minimum Gasteiger partial charge on any atom is -0.491 e. The molecular formula is C19H22N2O3. The second kappa shape index (κ2) is 8.84. The van der Waals surface area contributed by atoms with E-state index in [9.17, 15) is 9.90 Å². The second-order valence-electron chi connectivity index (χ2n) is 5.58. The molecule has 0 bridgehead atoms. The summed E-state index contributed by atoms with van der Waals surface area (Å²) in [6.45, 7) is 4.04. The molecule has 0 saturated carbocycles. The van der Waals surface area contributed by atoms with Crippen LogP contribution in [0.1, 0.15) is 31.2 Å². The van der Waals surface area contributed by atoms with Crippen molar-refractivity contribution >= 4 is 12.0 Å². The van der Waals surface area contributed by atoms with Crippen LogP contribution >= 0.6 is 0 Å². The Morgan fingerprint density at radius 3 is 2.62 bits per heavy atom. The summed E-state index contributed by atoms with van der Waals surface area (Å²) in [6.07, 6.45) is 4.01. The molecule has 0 fully saturated rings. The summed E-state index contributed by atoms with van der Waals surface area (Å²) in [6, 6.07) is 12.7. The highest BCUT2D eigenvalue weighted by molar-refractivity contribution is 5.91. The number of ether oxygens (including phenoxy) is 1. The van der Waals surface area contributed by atoms with Gasteiger partial charge in [0, 0.05) is 18.8 Å². The van der Waals surface area contributed by atoms with Crippen molar-refractivity contribution in [1.82, 2.24) is 10.3 Å². The molecule has 0 saturated heterocycles. The molecular weight excluding hydrogens is 304 g/mol. The van der Waals surface area contributed by atoms with Gasteiger partial charge in [0.05, 0.1) is 17.9 Å². The largest absolute Gasteiger partial charge is 0.491 e. The lowest BCUT2D eigenvalue weighted by molar-refractivity contribution is -0.116. The van der Waals surface area contributed by atoms with Crippen molar-refractivity contribution in [3.8, 4) is 5.75 Å². The maximum atomic E-state index is 11.8. The van der Waals surface area contributed by atoms with Gasteiger partial charge in [0.1, 0.15) is 5.75 Å². The van der Waals surface area contributed by atoms with Crippen molar-refractivity contribution in [2.24, 2.45) is 0 Å². The number of pyridine rings is 1. The molecule has 1 aromatic carbocycles. The highest BCUT2D eigenvalue weighted by atomic mass is 16.5. The van der Waals surface area contributed by atoms with E-state index in [-0.39, 0.29) is 18.6 Å². The second-order valence-corrected chi connectivity index (χ2v) is 5.58. The Morgan fingerprint density at radius 1 is 1.25 bits per heavy atom. The molecule has 2 aromatic rings. The van der Waals surface area contributed by atoms with Crippen LogP contribution < -0.4 is 10.1 Å². The maximum Gasteiger partial charge on any atom is 0.244 e. The molecule has 2 rings (SSSR count). The number of aliphatic hydroxyl groups excluding tert-OH is 1. The molecule has 1 atom stereocenters. The topological polar surface area (TPSA) is 71.5 Å². The van der Waals surface area contributed by atoms with E-state index in [1.54, 1.807) is 42.6 Å². The smallest absolute Gasteiger partial charge is 0.244 e. The third kappa shape index (κ3) is 5.85. The van der Waals surface area contributed by atoms with E-state index in [4.69, 9.17) is 4.74 Å². The highest BCUT2D eigenvalue weighted by Crippen LogP contribution is 2.18. The molecule has 24 heavy (non-hydrogen) atoms. The van der Waals surface area contributed by atoms with E-state index in [0.29, 0.717) is 5.69 Å². The zero-order chi connectivity index (χ0) is 17.4. The molecule has 1 aromatic heterocycles. The van der Waals surface area contributed by atoms with Crippen LogP contribution in [0.2, 0.25) is 0 Å². The van der Waals surface area contributed by atoms with Gasteiger partial charge in [-0.1, -0.05) is 18.2 Å². The molecule has 2 N–H and O–H groups in total.